The molecule has 0 spiro atoms. The number of nitrogens with zero attached hydrogens (tertiary/aromatic N) is 3. The van der Waals surface area contributed by atoms with E-state index in [0.717, 1.165) is 28.9 Å². The lowest BCUT2D eigenvalue weighted by molar-refractivity contribution is -0.385. The highest BCUT2D eigenvalue weighted by Gasteiger charge is 2.32. The van der Waals surface area contributed by atoms with Gasteiger partial charge in [-0.25, -0.2) is 17.5 Å². The number of hydrogen-bond acceptors (Lipinski definition) is 8. The fourth-order valence-corrected chi connectivity index (χ4v) is 5.21. The summed E-state index contributed by atoms with van der Waals surface area (Å²) in [6.45, 7) is 1.60. The van der Waals surface area contributed by atoms with Gasteiger partial charge in [-0.1, -0.05) is 6.07 Å². The second kappa shape index (κ2) is 10.3. The fourth-order valence-electron chi connectivity index (χ4n) is 3.76. The van der Waals surface area contributed by atoms with Crippen LogP contribution < -0.4 is 14.8 Å². The van der Waals surface area contributed by atoms with Crippen LogP contribution in [0, 0.1) is 22.9 Å². The predicted molar refractivity (Wildman–Crippen MR) is 135 cm³/mol. The van der Waals surface area contributed by atoms with Crippen LogP contribution in [-0.2, 0) is 16.6 Å². The Hall–Kier alpha value is -4.56. The fraction of sp³-hybridized carbons (Fsp3) is 0.200. The molecule has 2 heterocycles. The number of aromatic nitrogens is 2. The van der Waals surface area contributed by atoms with Crippen LogP contribution in [0.3, 0.4) is 0 Å². The number of sulfonamides is 1. The molecular formula is C25H22FN5O7S. The summed E-state index contributed by atoms with van der Waals surface area (Å²) in [5.74, 6) is -0.984. The van der Waals surface area contributed by atoms with Crippen molar-refractivity contribution in [1.29, 1.82) is 0 Å². The summed E-state index contributed by atoms with van der Waals surface area (Å²) >= 11 is 0. The third kappa shape index (κ3) is 5.66. The molecule has 2 aromatic carbocycles. The van der Waals surface area contributed by atoms with Gasteiger partial charge in [-0.05, 0) is 56.2 Å². The highest BCUT2D eigenvalue weighted by molar-refractivity contribution is 7.89. The van der Waals surface area contributed by atoms with Crippen LogP contribution in [0.4, 0.5) is 10.1 Å². The first-order valence-electron chi connectivity index (χ1n) is 11.8. The first-order valence-corrected chi connectivity index (χ1v) is 13.3. The van der Waals surface area contributed by atoms with Crippen molar-refractivity contribution in [3.05, 3.63) is 93.8 Å². The number of ether oxygens (including phenoxy) is 1. The second-order valence-electron chi connectivity index (χ2n) is 8.82. The molecule has 0 bridgehead atoms. The number of nitrogens with one attached hydrogen (secondary N) is 2. The molecule has 1 aliphatic rings. The summed E-state index contributed by atoms with van der Waals surface area (Å²) in [5.41, 5.74) is -0.108. The van der Waals surface area contributed by atoms with Crippen molar-refractivity contribution < 1.29 is 31.7 Å². The number of furan rings is 1. The number of hydrogen-bond donors (Lipinski definition) is 2. The zero-order valence-electron chi connectivity index (χ0n) is 20.5. The molecule has 0 saturated heterocycles. The Bertz CT molecular complexity index is 1660. The van der Waals surface area contributed by atoms with Gasteiger partial charge in [0.05, 0.1) is 23.4 Å². The molecule has 1 amide bonds. The number of non-ortho nitro benzene ring substituents is 1. The Morgan fingerprint density at radius 1 is 1.23 bits per heavy atom. The van der Waals surface area contributed by atoms with Crippen molar-refractivity contribution in [1.82, 2.24) is 19.8 Å². The van der Waals surface area contributed by atoms with Crippen molar-refractivity contribution >= 4 is 21.6 Å². The van der Waals surface area contributed by atoms with Gasteiger partial charge in [0.1, 0.15) is 22.2 Å². The molecule has 1 saturated carbocycles. The Morgan fingerprint density at radius 3 is 2.69 bits per heavy atom. The average Bonchev–Trinajstić information content (AvgIpc) is 3.42. The topological polar surface area (TPSA) is 159 Å². The number of benzene rings is 2. The van der Waals surface area contributed by atoms with E-state index in [4.69, 9.17) is 9.15 Å². The van der Waals surface area contributed by atoms with E-state index in [1.54, 1.807) is 12.1 Å². The van der Waals surface area contributed by atoms with Crippen molar-refractivity contribution in [2.45, 2.75) is 37.2 Å². The first-order chi connectivity index (χ1) is 18.6. The zero-order valence-corrected chi connectivity index (χ0v) is 21.3. The minimum atomic E-state index is -4.20. The zero-order chi connectivity index (χ0) is 27.7. The summed E-state index contributed by atoms with van der Waals surface area (Å²) in [5, 5.41) is 18.4. The van der Waals surface area contributed by atoms with E-state index < -0.39 is 37.3 Å². The summed E-state index contributed by atoms with van der Waals surface area (Å²) in [7, 11) is -4.20. The third-order valence-electron chi connectivity index (χ3n) is 5.87. The van der Waals surface area contributed by atoms with E-state index in [-0.39, 0.29) is 41.2 Å². The average molecular weight is 556 g/mol. The molecular weight excluding hydrogens is 533 g/mol. The van der Waals surface area contributed by atoms with E-state index in [1.807, 2.05) is 0 Å². The van der Waals surface area contributed by atoms with Gasteiger partial charge in [0.25, 0.3) is 11.6 Å². The summed E-state index contributed by atoms with van der Waals surface area (Å²) in [6, 6.07) is 11.6. The number of carbonyl (C=O) groups excluding carboxylic acids is 1. The highest BCUT2D eigenvalue weighted by atomic mass is 32.2. The number of nitro benzene ring substituents is 1. The largest absolute Gasteiger partial charge is 0.467 e. The van der Waals surface area contributed by atoms with E-state index in [9.17, 15) is 27.7 Å². The predicted octanol–water partition coefficient (Wildman–Crippen LogP) is 3.98. The van der Waals surface area contributed by atoms with Gasteiger partial charge in [0, 0.05) is 23.7 Å². The minimum absolute atomic E-state index is 0.0664. The molecule has 0 radical (unpaired) electrons. The number of rotatable bonds is 10. The van der Waals surface area contributed by atoms with E-state index in [0.29, 0.717) is 18.6 Å². The van der Waals surface area contributed by atoms with Crippen molar-refractivity contribution in [3.63, 3.8) is 0 Å². The standard InChI is InChI=1S/C25H22FN5O7S/c1-15-23(24(32)27-14-20-6-3-11-37-20)28-30(18-5-2-4-16(26)12-18)25(15)38-21-10-9-19(31(33)34)13-22(21)39(35,36)29-17-7-8-17/h2-6,9-13,17,29H,7-8,14H2,1H3,(H,27,32). The lowest BCUT2D eigenvalue weighted by Crippen LogP contribution is -2.26. The molecule has 5 rings (SSSR count). The molecule has 0 unspecified atom stereocenters. The maximum atomic E-state index is 14.1. The minimum Gasteiger partial charge on any atom is -0.467 e. The van der Waals surface area contributed by atoms with E-state index >= 15 is 0 Å². The number of halogens is 1. The molecule has 12 nitrogen and oxygen atoms in total. The molecule has 2 aromatic heterocycles. The van der Waals surface area contributed by atoms with E-state index in [2.05, 4.69) is 15.1 Å². The molecule has 202 valence electrons. The van der Waals surface area contributed by atoms with E-state index in [1.165, 1.54) is 31.4 Å². The van der Waals surface area contributed by atoms with Crippen LogP contribution in [0.15, 0.2) is 70.2 Å². The number of carbonyl (C=O) groups is 1. The van der Waals surface area contributed by atoms with Gasteiger partial charge >= 0.3 is 0 Å². The Labute approximate surface area is 221 Å². The molecule has 1 aliphatic carbocycles. The maximum Gasteiger partial charge on any atom is 0.272 e. The normalized spacial score (nSPS) is 13.3. The molecule has 0 aliphatic heterocycles. The van der Waals surface area contributed by atoms with Crippen molar-refractivity contribution in [2.75, 3.05) is 0 Å². The van der Waals surface area contributed by atoms with Crippen LogP contribution >= 0.6 is 0 Å². The summed E-state index contributed by atoms with van der Waals surface area (Å²) in [6.07, 6.45) is 2.75. The Balaban J connectivity index is 1.58. The Morgan fingerprint density at radius 2 is 2.03 bits per heavy atom. The summed E-state index contributed by atoms with van der Waals surface area (Å²) in [4.78, 5) is 23.2. The first kappa shape index (κ1) is 26.1. The Kier molecular flexibility index (Phi) is 6.89. The van der Waals surface area contributed by atoms with Gasteiger partial charge < -0.3 is 14.5 Å². The van der Waals surface area contributed by atoms with Crippen LogP contribution in [0.25, 0.3) is 5.69 Å². The van der Waals surface area contributed by atoms with Crippen molar-refractivity contribution in [3.8, 4) is 17.3 Å². The lowest BCUT2D eigenvalue weighted by atomic mass is 10.2. The lowest BCUT2D eigenvalue weighted by Gasteiger charge is -2.14. The van der Waals surface area contributed by atoms with Gasteiger partial charge in [-0.2, -0.15) is 9.78 Å². The molecule has 1 fully saturated rings. The van der Waals surface area contributed by atoms with Crippen LogP contribution in [-0.4, -0.2) is 35.1 Å². The molecule has 4 aromatic rings. The monoisotopic (exact) mass is 555 g/mol. The van der Waals surface area contributed by atoms with Gasteiger partial charge in [-0.3, -0.25) is 14.9 Å². The van der Waals surface area contributed by atoms with Gasteiger partial charge in [0.15, 0.2) is 5.69 Å². The highest BCUT2D eigenvalue weighted by Crippen LogP contribution is 2.36. The van der Waals surface area contributed by atoms with Gasteiger partial charge in [-0.15, -0.1) is 0 Å². The maximum absolute atomic E-state index is 14.1. The number of nitro groups is 1. The summed E-state index contributed by atoms with van der Waals surface area (Å²) < 4.78 is 55.2. The van der Waals surface area contributed by atoms with Crippen LogP contribution in [0.5, 0.6) is 11.6 Å². The second-order valence-corrected chi connectivity index (χ2v) is 10.5. The van der Waals surface area contributed by atoms with Crippen LogP contribution in [0.1, 0.15) is 34.7 Å². The molecule has 0 atom stereocenters. The SMILES string of the molecule is Cc1c(C(=O)NCc2ccco2)nn(-c2cccc(F)c2)c1Oc1ccc([N+](=O)[O-])cc1S(=O)(=O)NC1CC1. The quantitative estimate of drug-likeness (QED) is 0.220. The number of amides is 1. The molecule has 2 N–H and O–H groups in total. The molecule has 39 heavy (non-hydrogen) atoms. The smallest absolute Gasteiger partial charge is 0.272 e. The molecule has 14 heteroatoms. The third-order valence-corrected chi connectivity index (χ3v) is 7.41. The van der Waals surface area contributed by atoms with Crippen LogP contribution in [0.2, 0.25) is 0 Å². The van der Waals surface area contributed by atoms with Gasteiger partial charge in [0.2, 0.25) is 15.9 Å². The van der Waals surface area contributed by atoms with Crippen molar-refractivity contribution in [2.24, 2.45) is 0 Å².